The summed E-state index contributed by atoms with van der Waals surface area (Å²) in [7, 11) is 0. The standard InChI is InChI=1S/C22H19ClF3N7O/c23-14-1-3-16-13(5-14)7-30(20(34)19(25)26)8-18-28-29-21(33(16)18)32-11-22(12-32)9-31(10-22)17-4-2-15(24)6-27-17/h1-6,19H,7-12H2. The molecule has 0 bridgehead atoms. The van der Waals surface area contributed by atoms with Crippen LogP contribution in [-0.4, -0.2) is 63.2 Å². The highest BCUT2D eigenvalue weighted by molar-refractivity contribution is 6.30. The zero-order valence-corrected chi connectivity index (χ0v) is 18.6. The Balaban J connectivity index is 1.25. The molecule has 5 heterocycles. The topological polar surface area (TPSA) is 70.4 Å². The third-order valence-electron chi connectivity index (χ3n) is 6.61. The Kier molecular flexibility index (Phi) is 4.73. The molecule has 6 rings (SSSR count). The van der Waals surface area contributed by atoms with Crippen molar-refractivity contribution in [2.75, 3.05) is 36.0 Å². The highest BCUT2D eigenvalue weighted by atomic mass is 35.5. The second-order valence-electron chi connectivity index (χ2n) is 9.07. The molecule has 3 aliphatic heterocycles. The number of hydrogen-bond donors (Lipinski definition) is 0. The molecule has 0 radical (unpaired) electrons. The summed E-state index contributed by atoms with van der Waals surface area (Å²) in [5.41, 5.74) is 1.44. The number of benzene rings is 1. The zero-order chi connectivity index (χ0) is 23.6. The Labute approximate surface area is 197 Å². The molecule has 12 heteroatoms. The van der Waals surface area contributed by atoms with E-state index in [2.05, 4.69) is 25.0 Å². The lowest BCUT2D eigenvalue weighted by Gasteiger charge is -2.60. The van der Waals surface area contributed by atoms with Crippen molar-refractivity contribution in [1.82, 2.24) is 24.6 Å². The number of hydrogen-bond acceptors (Lipinski definition) is 6. The number of nitrogens with zero attached hydrogens (tertiary/aromatic N) is 7. The van der Waals surface area contributed by atoms with Gasteiger partial charge in [-0.05, 0) is 35.9 Å². The maximum atomic E-state index is 13.2. The number of carbonyl (C=O) groups excluding carboxylic acids is 1. The summed E-state index contributed by atoms with van der Waals surface area (Å²) < 4.78 is 41.3. The van der Waals surface area contributed by atoms with Crippen molar-refractivity contribution < 1.29 is 18.0 Å². The average Bonchev–Trinajstić information content (AvgIpc) is 3.07. The van der Waals surface area contributed by atoms with E-state index in [1.165, 1.54) is 12.3 Å². The SMILES string of the molecule is O=C(C(F)F)N1Cc2cc(Cl)ccc2-n2c(nnc2N2CC3(CN(c4ccc(F)cn4)C3)C2)C1. The van der Waals surface area contributed by atoms with E-state index in [0.29, 0.717) is 22.4 Å². The van der Waals surface area contributed by atoms with Crippen LogP contribution in [0.4, 0.5) is 24.9 Å². The molecule has 0 atom stereocenters. The van der Waals surface area contributed by atoms with Crippen LogP contribution in [0.25, 0.3) is 5.69 Å². The van der Waals surface area contributed by atoms with Gasteiger partial charge in [0.05, 0.1) is 18.4 Å². The number of halogens is 4. The van der Waals surface area contributed by atoms with E-state index in [0.717, 1.165) is 42.6 Å². The number of rotatable bonds is 3. The minimum Gasteiger partial charge on any atom is -0.355 e. The average molecular weight is 490 g/mol. The number of alkyl halides is 2. The first kappa shape index (κ1) is 21.2. The maximum absolute atomic E-state index is 13.2. The highest BCUT2D eigenvalue weighted by Crippen LogP contribution is 2.44. The molecule has 3 aromatic rings. The summed E-state index contributed by atoms with van der Waals surface area (Å²) in [6.07, 6.45) is -1.89. The summed E-state index contributed by atoms with van der Waals surface area (Å²) in [6.45, 7) is 3.01. The molecule has 8 nitrogen and oxygen atoms in total. The zero-order valence-electron chi connectivity index (χ0n) is 17.8. The molecule has 2 saturated heterocycles. The summed E-state index contributed by atoms with van der Waals surface area (Å²) in [6, 6.07) is 8.27. The van der Waals surface area contributed by atoms with Gasteiger partial charge in [0.2, 0.25) is 5.95 Å². The van der Waals surface area contributed by atoms with Gasteiger partial charge >= 0.3 is 6.43 Å². The number of fused-ring (bicyclic) bond motifs is 3. The van der Waals surface area contributed by atoms with Crippen molar-refractivity contribution in [2.45, 2.75) is 19.5 Å². The lowest BCUT2D eigenvalue weighted by molar-refractivity contribution is -0.144. The third kappa shape index (κ3) is 3.37. The van der Waals surface area contributed by atoms with Gasteiger partial charge in [0, 0.05) is 43.2 Å². The minimum atomic E-state index is -3.11. The van der Waals surface area contributed by atoms with E-state index < -0.39 is 12.3 Å². The number of aromatic nitrogens is 4. The Morgan fingerprint density at radius 2 is 1.79 bits per heavy atom. The van der Waals surface area contributed by atoms with E-state index >= 15 is 0 Å². The smallest absolute Gasteiger partial charge is 0.315 e. The van der Waals surface area contributed by atoms with Crippen LogP contribution < -0.4 is 9.80 Å². The molecule has 1 aromatic carbocycles. The molecule has 2 aromatic heterocycles. The Morgan fingerprint density at radius 3 is 2.50 bits per heavy atom. The van der Waals surface area contributed by atoms with Crippen molar-refractivity contribution in [2.24, 2.45) is 5.41 Å². The van der Waals surface area contributed by atoms with Crippen molar-refractivity contribution >= 4 is 29.3 Å². The third-order valence-corrected chi connectivity index (χ3v) is 6.85. The molecule has 0 aliphatic carbocycles. The van der Waals surface area contributed by atoms with E-state index in [4.69, 9.17) is 11.6 Å². The van der Waals surface area contributed by atoms with E-state index in [1.807, 2.05) is 4.57 Å². The van der Waals surface area contributed by atoms with Crippen LogP contribution in [0.15, 0.2) is 36.5 Å². The van der Waals surface area contributed by atoms with Gasteiger partial charge in [-0.15, -0.1) is 10.2 Å². The van der Waals surface area contributed by atoms with E-state index in [9.17, 15) is 18.0 Å². The molecule has 0 unspecified atom stereocenters. The predicted molar refractivity (Wildman–Crippen MR) is 118 cm³/mol. The second-order valence-corrected chi connectivity index (χ2v) is 9.50. The van der Waals surface area contributed by atoms with Gasteiger partial charge in [0.25, 0.3) is 5.91 Å². The first-order chi connectivity index (χ1) is 16.3. The second kappa shape index (κ2) is 7.59. The Bertz CT molecular complexity index is 1270. The molecule has 0 saturated carbocycles. The van der Waals surface area contributed by atoms with Gasteiger partial charge in [-0.3, -0.25) is 9.36 Å². The van der Waals surface area contributed by atoms with Crippen LogP contribution in [0, 0.1) is 11.2 Å². The molecular weight excluding hydrogens is 471 g/mol. The summed E-state index contributed by atoms with van der Waals surface area (Å²) >= 11 is 6.17. The summed E-state index contributed by atoms with van der Waals surface area (Å²) in [5.74, 6) is 0.148. The number of amides is 1. The van der Waals surface area contributed by atoms with Gasteiger partial charge in [-0.1, -0.05) is 11.6 Å². The van der Waals surface area contributed by atoms with Gasteiger partial charge < -0.3 is 14.7 Å². The monoisotopic (exact) mass is 489 g/mol. The van der Waals surface area contributed by atoms with Gasteiger partial charge in [-0.2, -0.15) is 8.78 Å². The molecule has 2 fully saturated rings. The fourth-order valence-electron chi connectivity index (χ4n) is 5.07. The van der Waals surface area contributed by atoms with Crippen LogP contribution in [0.2, 0.25) is 5.02 Å². The van der Waals surface area contributed by atoms with Gasteiger partial charge in [0.15, 0.2) is 5.82 Å². The molecule has 3 aliphatic rings. The quantitative estimate of drug-likeness (QED) is 0.563. The minimum absolute atomic E-state index is 0.00539. The number of anilines is 2. The highest BCUT2D eigenvalue weighted by Gasteiger charge is 2.53. The van der Waals surface area contributed by atoms with Gasteiger partial charge in [0.1, 0.15) is 11.6 Å². The predicted octanol–water partition coefficient (Wildman–Crippen LogP) is 2.89. The first-order valence-electron chi connectivity index (χ1n) is 10.7. The van der Waals surface area contributed by atoms with E-state index in [-0.39, 0.29) is 24.3 Å². The molecule has 0 N–H and O–H groups in total. The van der Waals surface area contributed by atoms with Crippen molar-refractivity contribution in [3.63, 3.8) is 0 Å². The summed E-state index contributed by atoms with van der Waals surface area (Å²) in [4.78, 5) is 21.5. The van der Waals surface area contributed by atoms with Crippen molar-refractivity contribution in [3.05, 3.63) is 58.8 Å². The van der Waals surface area contributed by atoms with Crippen LogP contribution in [0.3, 0.4) is 0 Å². The van der Waals surface area contributed by atoms with Crippen LogP contribution in [0.1, 0.15) is 11.4 Å². The lowest BCUT2D eigenvalue weighted by Crippen LogP contribution is -2.73. The van der Waals surface area contributed by atoms with Crippen LogP contribution in [0.5, 0.6) is 0 Å². The molecule has 176 valence electrons. The normalized spacial score (nSPS) is 18.3. The molecule has 1 amide bonds. The maximum Gasteiger partial charge on any atom is 0.315 e. The fraction of sp³-hybridized carbons (Fsp3) is 0.364. The fourth-order valence-corrected chi connectivity index (χ4v) is 5.27. The number of pyridine rings is 1. The summed E-state index contributed by atoms with van der Waals surface area (Å²) in [5, 5.41) is 9.04. The lowest BCUT2D eigenvalue weighted by atomic mass is 9.73. The Morgan fingerprint density at radius 1 is 1.03 bits per heavy atom. The molecular formula is C22H19ClF3N7O. The number of carbonyl (C=O) groups is 1. The van der Waals surface area contributed by atoms with E-state index in [1.54, 1.807) is 24.3 Å². The van der Waals surface area contributed by atoms with Crippen molar-refractivity contribution in [1.29, 1.82) is 0 Å². The van der Waals surface area contributed by atoms with Crippen LogP contribution >= 0.6 is 11.6 Å². The van der Waals surface area contributed by atoms with Gasteiger partial charge in [-0.25, -0.2) is 9.37 Å². The Hall–Kier alpha value is -3.34. The van der Waals surface area contributed by atoms with Crippen molar-refractivity contribution in [3.8, 4) is 5.69 Å². The van der Waals surface area contributed by atoms with Crippen LogP contribution in [-0.2, 0) is 17.9 Å². The molecule has 34 heavy (non-hydrogen) atoms. The molecule has 1 spiro atoms. The largest absolute Gasteiger partial charge is 0.355 e. The first-order valence-corrected chi connectivity index (χ1v) is 11.1.